The van der Waals surface area contributed by atoms with Gasteiger partial charge in [-0.3, -0.25) is 4.79 Å². The maximum absolute atomic E-state index is 12.0. The highest BCUT2D eigenvalue weighted by atomic mass is 16.2. The van der Waals surface area contributed by atoms with E-state index < -0.39 is 0 Å². The van der Waals surface area contributed by atoms with Gasteiger partial charge in [-0.05, 0) is 18.4 Å². The Kier molecular flexibility index (Phi) is 5.15. The summed E-state index contributed by atoms with van der Waals surface area (Å²) in [5.41, 5.74) is 0. The number of aromatic nitrogens is 2. The molecule has 0 aromatic carbocycles. The minimum Gasteiger partial charge on any atom is -0.357 e. The number of carbonyl (C=O) groups excluding carboxylic acids is 1. The molecule has 1 aromatic heterocycles. The topological polar surface area (TPSA) is 85.2 Å². The molecule has 0 radical (unpaired) electrons. The predicted molar refractivity (Wildman–Crippen MR) is 84.4 cm³/mol. The molecule has 2 heterocycles. The van der Waals surface area contributed by atoms with Crippen LogP contribution < -0.4 is 10.2 Å². The summed E-state index contributed by atoms with van der Waals surface area (Å²) < 4.78 is 0. The Morgan fingerprint density at radius 1 is 1.64 bits per heavy atom. The average molecular weight is 302 g/mol. The van der Waals surface area contributed by atoms with Gasteiger partial charge in [0.15, 0.2) is 0 Å². The second-order valence-corrected chi connectivity index (χ2v) is 5.61. The summed E-state index contributed by atoms with van der Waals surface area (Å²) in [6, 6.07) is 3.97. The molecule has 0 aliphatic carbocycles. The number of nitrogens with zero attached hydrogens (tertiary/aromatic N) is 5. The number of likely N-dealkylation sites (N-methyl/N-ethyl adjacent to an activating group) is 1. The molecular weight excluding hydrogens is 280 g/mol. The normalized spacial score (nSPS) is 21.1. The van der Waals surface area contributed by atoms with Gasteiger partial charge in [0, 0.05) is 33.4 Å². The van der Waals surface area contributed by atoms with E-state index in [4.69, 9.17) is 5.26 Å². The Balaban J connectivity index is 2.14. The summed E-state index contributed by atoms with van der Waals surface area (Å²) in [5.74, 6) is 1.76. The van der Waals surface area contributed by atoms with E-state index in [0.29, 0.717) is 18.4 Å². The van der Waals surface area contributed by atoms with Crippen molar-refractivity contribution >= 4 is 17.7 Å². The first-order valence-electron chi connectivity index (χ1n) is 7.45. The lowest BCUT2D eigenvalue weighted by Gasteiger charge is -2.42. The number of hydrogen-bond acceptors (Lipinski definition) is 6. The molecule has 0 bridgehead atoms. The first kappa shape index (κ1) is 16.0. The lowest BCUT2D eigenvalue weighted by atomic mass is 9.92. The van der Waals surface area contributed by atoms with Crippen LogP contribution in [0.5, 0.6) is 0 Å². The zero-order valence-electron chi connectivity index (χ0n) is 13.3. The van der Waals surface area contributed by atoms with Crippen LogP contribution in [0.1, 0.15) is 19.8 Å². The average Bonchev–Trinajstić information content (AvgIpc) is 2.55. The fourth-order valence-corrected chi connectivity index (χ4v) is 2.79. The van der Waals surface area contributed by atoms with Gasteiger partial charge in [0.2, 0.25) is 11.9 Å². The van der Waals surface area contributed by atoms with E-state index in [1.807, 2.05) is 19.2 Å². The highest BCUT2D eigenvalue weighted by Gasteiger charge is 2.31. The highest BCUT2D eigenvalue weighted by molar-refractivity contribution is 5.78. The summed E-state index contributed by atoms with van der Waals surface area (Å²) in [4.78, 5) is 24.4. The molecule has 1 aromatic rings. The minimum atomic E-state index is -0.0913. The van der Waals surface area contributed by atoms with Crippen molar-refractivity contribution in [1.29, 1.82) is 5.26 Å². The second-order valence-electron chi connectivity index (χ2n) is 5.61. The van der Waals surface area contributed by atoms with E-state index in [9.17, 15) is 4.79 Å². The molecular formula is C15H22N6O. The smallest absolute Gasteiger partial charge is 0.236 e. The lowest BCUT2D eigenvalue weighted by molar-refractivity contribution is -0.131. The number of nitriles is 1. The minimum absolute atomic E-state index is 0.0533. The molecule has 0 spiro atoms. The molecule has 7 nitrogen and oxygen atoms in total. The van der Waals surface area contributed by atoms with Crippen LogP contribution in [0.2, 0.25) is 0 Å². The first-order valence-corrected chi connectivity index (χ1v) is 7.45. The molecule has 1 fully saturated rings. The Morgan fingerprint density at radius 3 is 3.09 bits per heavy atom. The van der Waals surface area contributed by atoms with Gasteiger partial charge in [0.1, 0.15) is 12.2 Å². The van der Waals surface area contributed by atoms with Gasteiger partial charge in [0.25, 0.3) is 0 Å². The zero-order valence-corrected chi connectivity index (χ0v) is 13.3. The van der Waals surface area contributed by atoms with Gasteiger partial charge >= 0.3 is 0 Å². The number of likely N-dealkylation sites (tertiary alicyclic amines) is 1. The number of hydrogen-bond donors (Lipinski definition) is 1. The first-order chi connectivity index (χ1) is 10.6. The maximum Gasteiger partial charge on any atom is 0.236 e. The summed E-state index contributed by atoms with van der Waals surface area (Å²) in [5, 5.41) is 11.6. The maximum atomic E-state index is 12.0. The van der Waals surface area contributed by atoms with Gasteiger partial charge < -0.3 is 15.1 Å². The summed E-state index contributed by atoms with van der Waals surface area (Å²) in [7, 11) is 3.77. The van der Waals surface area contributed by atoms with Crippen molar-refractivity contribution in [2.24, 2.45) is 5.92 Å². The number of carbonyl (C=O) groups is 1. The highest BCUT2D eigenvalue weighted by Crippen LogP contribution is 2.25. The van der Waals surface area contributed by atoms with E-state index in [2.05, 4.69) is 27.1 Å². The van der Waals surface area contributed by atoms with Gasteiger partial charge in [0.05, 0.1) is 12.1 Å². The standard InChI is InChI=1S/C15H22N6O/c1-11-6-9-21(14(22)4-7-16)10-12(11)20(3)13-5-8-18-15(17-2)19-13/h5,8,11-12H,4,6,9-10H2,1-3H3,(H,17,18,19)/t11-,12+/m1/s1. The molecule has 118 valence electrons. The zero-order chi connectivity index (χ0) is 16.1. The molecule has 0 saturated carbocycles. The van der Waals surface area contributed by atoms with Crippen molar-refractivity contribution in [1.82, 2.24) is 14.9 Å². The van der Waals surface area contributed by atoms with Crippen LogP contribution >= 0.6 is 0 Å². The molecule has 1 aliphatic rings. The lowest BCUT2D eigenvalue weighted by Crippen LogP contribution is -2.52. The molecule has 7 heteroatoms. The fourth-order valence-electron chi connectivity index (χ4n) is 2.79. The number of nitrogens with one attached hydrogen (secondary N) is 1. The van der Waals surface area contributed by atoms with Crippen molar-refractivity contribution in [2.45, 2.75) is 25.8 Å². The largest absolute Gasteiger partial charge is 0.357 e. The number of amides is 1. The van der Waals surface area contributed by atoms with E-state index in [-0.39, 0.29) is 18.4 Å². The van der Waals surface area contributed by atoms with Crippen molar-refractivity contribution < 1.29 is 4.79 Å². The number of anilines is 2. The van der Waals surface area contributed by atoms with Crippen LogP contribution in [-0.4, -0.2) is 54.0 Å². The second kappa shape index (κ2) is 7.07. The summed E-state index contributed by atoms with van der Waals surface area (Å²) in [6.45, 7) is 3.53. The predicted octanol–water partition coefficient (Wildman–Crippen LogP) is 1.11. The summed E-state index contributed by atoms with van der Waals surface area (Å²) in [6.07, 6.45) is 2.59. The Morgan fingerprint density at radius 2 is 2.41 bits per heavy atom. The van der Waals surface area contributed by atoms with Crippen molar-refractivity contribution in [3.8, 4) is 6.07 Å². The van der Waals surface area contributed by atoms with E-state index in [1.165, 1.54) is 0 Å². The van der Waals surface area contributed by atoms with Crippen molar-refractivity contribution in [3.05, 3.63) is 12.3 Å². The van der Waals surface area contributed by atoms with Gasteiger partial charge in [-0.1, -0.05) is 6.92 Å². The number of rotatable bonds is 4. The molecule has 2 atom stereocenters. The van der Waals surface area contributed by atoms with Gasteiger partial charge in [-0.25, -0.2) is 4.98 Å². The van der Waals surface area contributed by atoms with Crippen LogP contribution in [-0.2, 0) is 4.79 Å². The molecule has 0 unspecified atom stereocenters. The fraction of sp³-hybridized carbons (Fsp3) is 0.600. The number of piperidine rings is 1. The van der Waals surface area contributed by atoms with E-state index in [1.54, 1.807) is 18.1 Å². The SMILES string of the molecule is CNc1nccc(N(C)[C@H]2CN(C(=O)CC#N)CC[C@H]2C)n1. The molecule has 1 saturated heterocycles. The van der Waals surface area contributed by atoms with Crippen LogP contribution in [0.4, 0.5) is 11.8 Å². The summed E-state index contributed by atoms with van der Waals surface area (Å²) >= 11 is 0. The third-order valence-electron chi connectivity index (χ3n) is 4.22. The third-order valence-corrected chi connectivity index (χ3v) is 4.22. The van der Waals surface area contributed by atoms with E-state index in [0.717, 1.165) is 18.8 Å². The van der Waals surface area contributed by atoms with Gasteiger partial charge in [-0.2, -0.15) is 10.2 Å². The Bertz CT molecular complexity index is 569. The monoisotopic (exact) mass is 302 g/mol. The van der Waals surface area contributed by atoms with Crippen LogP contribution in [0.15, 0.2) is 12.3 Å². The van der Waals surface area contributed by atoms with Crippen LogP contribution in [0.3, 0.4) is 0 Å². The van der Waals surface area contributed by atoms with Crippen LogP contribution in [0, 0.1) is 17.2 Å². The van der Waals surface area contributed by atoms with Gasteiger partial charge in [-0.15, -0.1) is 0 Å². The Hall–Kier alpha value is -2.36. The van der Waals surface area contributed by atoms with E-state index >= 15 is 0 Å². The molecule has 2 rings (SSSR count). The molecule has 22 heavy (non-hydrogen) atoms. The van der Waals surface area contributed by atoms with Crippen molar-refractivity contribution in [2.75, 3.05) is 37.4 Å². The van der Waals surface area contributed by atoms with Crippen molar-refractivity contribution in [3.63, 3.8) is 0 Å². The Labute approximate surface area is 131 Å². The molecule has 1 amide bonds. The molecule has 1 aliphatic heterocycles. The molecule has 1 N–H and O–H groups in total. The third kappa shape index (κ3) is 3.45. The van der Waals surface area contributed by atoms with Crippen LogP contribution in [0.25, 0.3) is 0 Å². The quantitative estimate of drug-likeness (QED) is 0.896.